The van der Waals surface area contributed by atoms with Crippen LogP contribution in [0.25, 0.3) is 0 Å². The molecule has 108 valence electrons. The molecule has 1 atom stereocenters. The average Bonchev–Trinajstić information content (AvgIpc) is 2.90. The van der Waals surface area contributed by atoms with E-state index in [1.807, 2.05) is 31.2 Å². The maximum Gasteiger partial charge on any atom is 0.127 e. The third kappa shape index (κ3) is 2.80. The number of nitrogens with one attached hydrogen (secondary N) is 1. The molecule has 0 amide bonds. The fourth-order valence-corrected chi connectivity index (χ4v) is 2.37. The first-order chi connectivity index (χ1) is 9.71. The van der Waals surface area contributed by atoms with Gasteiger partial charge in [-0.05, 0) is 31.7 Å². The number of hydrogen-bond donors (Lipinski definition) is 1. The second kappa shape index (κ2) is 6.48. The highest BCUT2D eigenvalue weighted by molar-refractivity contribution is 5.50. The van der Waals surface area contributed by atoms with E-state index in [9.17, 15) is 0 Å². The average molecular weight is 275 g/mol. The predicted octanol–water partition coefficient (Wildman–Crippen LogP) is 3.30. The lowest BCUT2D eigenvalue weighted by Crippen LogP contribution is -2.22. The first-order valence-electron chi connectivity index (χ1n) is 6.70. The van der Waals surface area contributed by atoms with Crippen molar-refractivity contribution in [3.63, 3.8) is 0 Å². The van der Waals surface area contributed by atoms with Gasteiger partial charge in [-0.15, -0.1) is 0 Å². The molecule has 1 aromatic carbocycles. The molecular weight excluding hydrogens is 254 g/mol. The molecule has 2 rings (SSSR count). The molecule has 1 aromatic heterocycles. The van der Waals surface area contributed by atoms with Gasteiger partial charge in [-0.3, -0.25) is 0 Å². The van der Waals surface area contributed by atoms with Crippen molar-refractivity contribution < 1.29 is 13.9 Å². The Balaban J connectivity index is 2.53. The van der Waals surface area contributed by atoms with Crippen LogP contribution in [0.1, 0.15) is 29.9 Å². The van der Waals surface area contributed by atoms with Crippen molar-refractivity contribution in [2.45, 2.75) is 19.9 Å². The maximum absolute atomic E-state index is 5.49. The highest BCUT2D eigenvalue weighted by Crippen LogP contribution is 2.37. The van der Waals surface area contributed by atoms with Gasteiger partial charge in [0.05, 0.1) is 32.1 Å². The molecule has 0 saturated carbocycles. The fourth-order valence-electron chi connectivity index (χ4n) is 2.37. The molecule has 0 fully saturated rings. The Kier molecular flexibility index (Phi) is 4.69. The molecule has 1 heterocycles. The van der Waals surface area contributed by atoms with Crippen molar-refractivity contribution in [3.05, 3.63) is 47.4 Å². The van der Waals surface area contributed by atoms with Gasteiger partial charge in [-0.1, -0.05) is 13.0 Å². The Bertz CT molecular complexity index is 540. The number of aryl methyl sites for hydroxylation is 1. The van der Waals surface area contributed by atoms with Gasteiger partial charge in [0.2, 0.25) is 0 Å². The van der Waals surface area contributed by atoms with E-state index < -0.39 is 0 Å². The Morgan fingerprint density at radius 1 is 1.20 bits per heavy atom. The largest absolute Gasteiger partial charge is 0.496 e. The van der Waals surface area contributed by atoms with Crippen LogP contribution in [0.15, 0.2) is 34.9 Å². The zero-order valence-corrected chi connectivity index (χ0v) is 12.4. The van der Waals surface area contributed by atoms with Crippen molar-refractivity contribution in [1.29, 1.82) is 0 Å². The minimum atomic E-state index is -0.0245. The monoisotopic (exact) mass is 275 g/mol. The Hall–Kier alpha value is -1.94. The van der Waals surface area contributed by atoms with Crippen molar-refractivity contribution in [2.24, 2.45) is 0 Å². The Morgan fingerprint density at radius 2 is 1.85 bits per heavy atom. The summed E-state index contributed by atoms with van der Waals surface area (Å²) in [6, 6.07) is 7.80. The molecule has 4 nitrogen and oxygen atoms in total. The lowest BCUT2D eigenvalue weighted by molar-refractivity contribution is 0.377. The van der Waals surface area contributed by atoms with Gasteiger partial charge in [0.25, 0.3) is 0 Å². The highest BCUT2D eigenvalue weighted by atomic mass is 16.5. The first kappa shape index (κ1) is 14.5. The van der Waals surface area contributed by atoms with Crippen LogP contribution >= 0.6 is 0 Å². The van der Waals surface area contributed by atoms with Crippen molar-refractivity contribution in [1.82, 2.24) is 5.32 Å². The molecule has 0 radical (unpaired) electrons. The summed E-state index contributed by atoms with van der Waals surface area (Å²) >= 11 is 0. The third-order valence-corrected chi connectivity index (χ3v) is 3.25. The molecular formula is C16H21NO3. The summed E-state index contributed by atoms with van der Waals surface area (Å²) in [4.78, 5) is 0. The first-order valence-corrected chi connectivity index (χ1v) is 6.70. The maximum atomic E-state index is 5.49. The molecule has 1 unspecified atom stereocenters. The molecule has 0 bridgehead atoms. The van der Waals surface area contributed by atoms with Gasteiger partial charge >= 0.3 is 0 Å². The van der Waals surface area contributed by atoms with Crippen LogP contribution in [-0.4, -0.2) is 20.8 Å². The Morgan fingerprint density at radius 3 is 2.30 bits per heavy atom. The fraction of sp³-hybridized carbons (Fsp3) is 0.375. The molecule has 0 spiro atoms. The van der Waals surface area contributed by atoms with Crippen molar-refractivity contribution in [3.8, 4) is 11.5 Å². The second-order valence-corrected chi connectivity index (χ2v) is 4.56. The number of rotatable bonds is 6. The van der Waals surface area contributed by atoms with E-state index >= 15 is 0 Å². The van der Waals surface area contributed by atoms with Crippen LogP contribution in [0.5, 0.6) is 11.5 Å². The van der Waals surface area contributed by atoms with Gasteiger partial charge in [-0.2, -0.15) is 0 Å². The molecule has 0 saturated heterocycles. The van der Waals surface area contributed by atoms with Crippen LogP contribution in [-0.2, 0) is 0 Å². The zero-order chi connectivity index (χ0) is 14.5. The second-order valence-electron chi connectivity index (χ2n) is 4.56. The normalized spacial score (nSPS) is 12.2. The van der Waals surface area contributed by atoms with E-state index in [1.165, 1.54) is 0 Å². The molecule has 2 aromatic rings. The highest BCUT2D eigenvalue weighted by Gasteiger charge is 2.23. The van der Waals surface area contributed by atoms with Crippen LogP contribution in [0.3, 0.4) is 0 Å². The molecule has 0 aliphatic heterocycles. The zero-order valence-electron chi connectivity index (χ0n) is 12.4. The van der Waals surface area contributed by atoms with Crippen molar-refractivity contribution in [2.75, 3.05) is 20.8 Å². The van der Waals surface area contributed by atoms with E-state index in [0.717, 1.165) is 34.9 Å². The number of ether oxygens (including phenoxy) is 2. The lowest BCUT2D eigenvalue weighted by atomic mass is 9.98. The van der Waals surface area contributed by atoms with Crippen LogP contribution < -0.4 is 14.8 Å². The van der Waals surface area contributed by atoms with E-state index in [0.29, 0.717) is 0 Å². The van der Waals surface area contributed by atoms with Crippen LogP contribution in [0.4, 0.5) is 0 Å². The van der Waals surface area contributed by atoms with E-state index in [4.69, 9.17) is 13.9 Å². The van der Waals surface area contributed by atoms with Gasteiger partial charge < -0.3 is 19.2 Å². The van der Waals surface area contributed by atoms with Gasteiger partial charge in [-0.25, -0.2) is 0 Å². The van der Waals surface area contributed by atoms with E-state index in [-0.39, 0.29) is 6.04 Å². The van der Waals surface area contributed by atoms with Crippen LogP contribution in [0, 0.1) is 6.92 Å². The standard InChI is InChI=1S/C16H21NO3/c1-5-17-16(12-9-11(2)20-10-12)15-13(18-3)7-6-8-14(15)19-4/h6-10,16-17H,5H2,1-4H3. The van der Waals surface area contributed by atoms with Gasteiger partial charge in [0.15, 0.2) is 0 Å². The summed E-state index contributed by atoms with van der Waals surface area (Å²) in [5.41, 5.74) is 2.05. The minimum Gasteiger partial charge on any atom is -0.496 e. The van der Waals surface area contributed by atoms with Crippen molar-refractivity contribution >= 4 is 0 Å². The molecule has 0 aliphatic rings. The summed E-state index contributed by atoms with van der Waals surface area (Å²) in [5, 5.41) is 3.46. The number of hydrogen-bond acceptors (Lipinski definition) is 4. The number of benzene rings is 1. The molecule has 20 heavy (non-hydrogen) atoms. The Labute approximate surface area is 119 Å². The summed E-state index contributed by atoms with van der Waals surface area (Å²) in [6.45, 7) is 4.84. The minimum absolute atomic E-state index is 0.0245. The third-order valence-electron chi connectivity index (χ3n) is 3.25. The molecule has 0 aliphatic carbocycles. The predicted molar refractivity (Wildman–Crippen MR) is 78.5 cm³/mol. The summed E-state index contributed by atoms with van der Waals surface area (Å²) < 4.78 is 16.4. The van der Waals surface area contributed by atoms with Gasteiger partial charge in [0.1, 0.15) is 17.3 Å². The van der Waals surface area contributed by atoms with Gasteiger partial charge in [0, 0.05) is 5.56 Å². The number of methoxy groups -OCH3 is 2. The van der Waals surface area contributed by atoms with E-state index in [1.54, 1.807) is 20.5 Å². The van der Waals surface area contributed by atoms with Crippen LogP contribution in [0.2, 0.25) is 0 Å². The molecule has 4 heteroatoms. The molecule has 1 N–H and O–H groups in total. The summed E-state index contributed by atoms with van der Waals surface area (Å²) in [5.74, 6) is 2.49. The summed E-state index contributed by atoms with van der Waals surface area (Å²) in [6.07, 6.45) is 1.77. The summed E-state index contributed by atoms with van der Waals surface area (Å²) in [7, 11) is 3.34. The number of furan rings is 1. The quantitative estimate of drug-likeness (QED) is 0.878. The smallest absolute Gasteiger partial charge is 0.127 e. The van der Waals surface area contributed by atoms with E-state index in [2.05, 4.69) is 12.2 Å². The SMILES string of the molecule is CCNC(c1coc(C)c1)c1c(OC)cccc1OC. The lowest BCUT2D eigenvalue weighted by Gasteiger charge is -2.22. The topological polar surface area (TPSA) is 43.6 Å².